The van der Waals surface area contributed by atoms with Crippen LogP contribution in [0, 0.1) is 5.92 Å². The maximum Gasteiger partial charge on any atom is 0.489 e. The molecular weight excluding hydrogens is 487 g/mol. The molecule has 0 radical (unpaired) electrons. The maximum absolute atomic E-state index is 13.7. The van der Waals surface area contributed by atoms with Crippen molar-refractivity contribution >= 4 is 15.7 Å². The number of nitrogens with one attached hydrogen (secondary N) is 1. The Balaban J connectivity index is 1.63. The molecule has 2 unspecified atom stereocenters. The first-order valence-electron chi connectivity index (χ1n) is 9.96. The fourth-order valence-electron chi connectivity index (χ4n) is 4.11. The van der Waals surface area contributed by atoms with E-state index < -0.39 is 50.4 Å². The van der Waals surface area contributed by atoms with Crippen molar-refractivity contribution in [1.29, 1.82) is 0 Å². The molecule has 4 rings (SSSR count). The zero-order chi connectivity index (χ0) is 25.1. The fourth-order valence-corrected chi connectivity index (χ4v) is 4.75. The van der Waals surface area contributed by atoms with Crippen LogP contribution in [-0.2, 0) is 21.2 Å². The van der Waals surface area contributed by atoms with Crippen LogP contribution in [0.3, 0.4) is 0 Å². The minimum atomic E-state index is -4.92. The second-order valence-electron chi connectivity index (χ2n) is 8.53. The van der Waals surface area contributed by atoms with Gasteiger partial charge in [0.2, 0.25) is 0 Å². The van der Waals surface area contributed by atoms with E-state index in [1.165, 1.54) is 11.1 Å². The fraction of sp³-hybridized carbons (Fsp3) is 0.450. The molecule has 1 saturated heterocycles. The number of carbonyl (C=O) groups is 1. The molecule has 1 N–H and O–H groups in total. The number of sulfone groups is 1. The van der Waals surface area contributed by atoms with Crippen molar-refractivity contribution in [2.24, 2.45) is 5.92 Å². The van der Waals surface area contributed by atoms with E-state index in [4.69, 9.17) is 0 Å². The van der Waals surface area contributed by atoms with E-state index in [1.807, 2.05) is 0 Å². The summed E-state index contributed by atoms with van der Waals surface area (Å²) < 4.78 is 89.0. The van der Waals surface area contributed by atoms with Crippen molar-refractivity contribution in [3.63, 3.8) is 0 Å². The molecule has 1 aliphatic carbocycles. The lowest BCUT2D eigenvalue weighted by Gasteiger charge is -2.22. The highest BCUT2D eigenvalue weighted by atomic mass is 32.2. The zero-order valence-corrected chi connectivity index (χ0v) is 18.7. The molecule has 2 aliphatic rings. The lowest BCUT2D eigenvalue weighted by molar-refractivity contribution is -0.210. The number of benzene rings is 1. The summed E-state index contributed by atoms with van der Waals surface area (Å²) in [4.78, 5) is 26.9. The summed E-state index contributed by atoms with van der Waals surface area (Å²) >= 11 is 0. The van der Waals surface area contributed by atoms with Crippen molar-refractivity contribution in [2.75, 3.05) is 19.3 Å². The average Bonchev–Trinajstić information content (AvgIpc) is 3.31. The van der Waals surface area contributed by atoms with Crippen molar-refractivity contribution in [3.05, 3.63) is 47.5 Å². The van der Waals surface area contributed by atoms with Crippen molar-refractivity contribution < 1.29 is 40.0 Å². The molecule has 0 bridgehead atoms. The largest absolute Gasteiger partial charge is 0.489 e. The summed E-state index contributed by atoms with van der Waals surface area (Å²) in [6, 6.07) is 4.01. The van der Waals surface area contributed by atoms with E-state index in [2.05, 4.69) is 14.8 Å². The number of fused-ring (bicyclic) bond motifs is 1. The number of alkyl halides is 5. The molecule has 34 heavy (non-hydrogen) atoms. The Morgan fingerprint density at radius 1 is 1.24 bits per heavy atom. The number of hydrogen-bond acceptors (Lipinski definition) is 7. The summed E-state index contributed by atoms with van der Waals surface area (Å²) in [7, 11) is -3.78. The molecular formula is C20H19F5N4O4S. The van der Waals surface area contributed by atoms with Gasteiger partial charge < -0.3 is 9.74 Å². The molecule has 1 aromatic carbocycles. The van der Waals surface area contributed by atoms with Crippen LogP contribution in [0.25, 0.3) is 0 Å². The molecule has 2 atom stereocenters. The lowest BCUT2D eigenvalue weighted by atomic mass is 10.0. The van der Waals surface area contributed by atoms with Gasteiger partial charge in [-0.15, -0.1) is 0 Å². The van der Waals surface area contributed by atoms with Crippen molar-refractivity contribution in [2.45, 2.75) is 35.9 Å². The lowest BCUT2D eigenvalue weighted by Crippen LogP contribution is -2.37. The number of hydrogen-bond donors (Lipinski definition) is 1. The van der Waals surface area contributed by atoms with Crippen molar-refractivity contribution in [1.82, 2.24) is 20.3 Å². The van der Waals surface area contributed by atoms with E-state index in [0.717, 1.165) is 36.0 Å². The minimum absolute atomic E-state index is 0.0322. The van der Waals surface area contributed by atoms with Gasteiger partial charge in [0, 0.05) is 32.5 Å². The highest BCUT2D eigenvalue weighted by Gasteiger charge is 2.64. The maximum atomic E-state index is 13.7. The SMILES string of the molecule is CC(F)(F)c1ccnc(C23CC2CN(C(=O)c2cc(S(C)(=O)=O)ccc2ONC(F)(F)F)C3)n1. The summed E-state index contributed by atoms with van der Waals surface area (Å²) in [5, 5.41) is 0. The molecule has 1 aliphatic heterocycles. The average molecular weight is 506 g/mol. The zero-order valence-electron chi connectivity index (χ0n) is 17.9. The molecule has 14 heteroatoms. The molecule has 0 spiro atoms. The highest BCUT2D eigenvalue weighted by molar-refractivity contribution is 7.90. The van der Waals surface area contributed by atoms with Crippen LogP contribution in [0.2, 0.25) is 0 Å². The minimum Gasteiger partial charge on any atom is -0.400 e. The molecule has 2 aromatic rings. The van der Waals surface area contributed by atoms with Gasteiger partial charge in [-0.05, 0) is 36.6 Å². The summed E-state index contributed by atoms with van der Waals surface area (Å²) in [5.74, 6) is -4.45. The van der Waals surface area contributed by atoms with Gasteiger partial charge in [0.15, 0.2) is 15.6 Å². The smallest absolute Gasteiger partial charge is 0.400 e. The number of aromatic nitrogens is 2. The second kappa shape index (κ2) is 7.83. The summed E-state index contributed by atoms with van der Waals surface area (Å²) in [5.41, 5.74) is -0.770. The van der Waals surface area contributed by atoms with Crippen LogP contribution in [0.4, 0.5) is 22.0 Å². The predicted molar refractivity (Wildman–Crippen MR) is 107 cm³/mol. The van der Waals surface area contributed by atoms with Gasteiger partial charge in [-0.3, -0.25) is 4.79 Å². The van der Waals surface area contributed by atoms with Crippen LogP contribution in [0.1, 0.15) is 35.2 Å². The predicted octanol–water partition coefficient (Wildman–Crippen LogP) is 2.81. The molecule has 2 heterocycles. The second-order valence-corrected chi connectivity index (χ2v) is 10.5. The first-order valence-corrected chi connectivity index (χ1v) is 11.9. The Hall–Kier alpha value is -2.87. The monoisotopic (exact) mass is 506 g/mol. The van der Waals surface area contributed by atoms with E-state index in [0.29, 0.717) is 13.3 Å². The van der Waals surface area contributed by atoms with Crippen LogP contribution in [-0.4, -0.2) is 54.8 Å². The van der Waals surface area contributed by atoms with Crippen LogP contribution >= 0.6 is 0 Å². The van der Waals surface area contributed by atoms with Gasteiger partial charge in [-0.25, -0.2) is 18.4 Å². The number of rotatable bonds is 6. The van der Waals surface area contributed by atoms with Crippen LogP contribution in [0.5, 0.6) is 5.75 Å². The van der Waals surface area contributed by atoms with Crippen LogP contribution < -0.4 is 10.3 Å². The standard InChI is InChI=1S/C20H19F5N4O4S/c1-18(21,22)15-5-6-26-17(27-15)19-8-11(19)9-29(10-19)16(30)13-7-12(34(2,31)32)3-4-14(13)33-28-20(23,24)25/h3-7,11,28H,8-10H2,1-2H3. The molecule has 1 saturated carbocycles. The normalized spacial score (nSPS) is 22.4. The Bertz CT molecular complexity index is 1250. The Morgan fingerprint density at radius 2 is 1.94 bits per heavy atom. The third-order valence-corrected chi connectivity index (χ3v) is 6.98. The van der Waals surface area contributed by atoms with E-state index in [1.54, 1.807) is 0 Å². The van der Waals surface area contributed by atoms with Gasteiger partial charge in [0.1, 0.15) is 11.5 Å². The van der Waals surface area contributed by atoms with Crippen LogP contribution in [0.15, 0.2) is 35.4 Å². The topological polar surface area (TPSA) is 101 Å². The molecule has 1 aromatic heterocycles. The Kier molecular flexibility index (Phi) is 5.59. The van der Waals surface area contributed by atoms with Crippen molar-refractivity contribution in [3.8, 4) is 5.75 Å². The van der Waals surface area contributed by atoms with Gasteiger partial charge >= 0.3 is 6.30 Å². The Labute approximate surface area is 191 Å². The number of halogens is 5. The first kappa shape index (κ1) is 24.3. The van der Waals surface area contributed by atoms with Gasteiger partial charge in [-0.1, -0.05) is 5.48 Å². The van der Waals surface area contributed by atoms with Gasteiger partial charge in [0.05, 0.1) is 15.9 Å². The third kappa shape index (κ3) is 4.69. The van der Waals surface area contributed by atoms with Gasteiger partial charge in [-0.2, -0.15) is 22.0 Å². The number of piperidine rings is 1. The number of hydroxylamine groups is 1. The van der Waals surface area contributed by atoms with E-state index in [9.17, 15) is 35.2 Å². The number of carbonyl (C=O) groups excluding carboxylic acids is 1. The quantitative estimate of drug-likeness (QED) is 0.365. The summed E-state index contributed by atoms with van der Waals surface area (Å²) in [6.45, 7) is 0.908. The number of likely N-dealkylation sites (tertiary alicyclic amines) is 1. The molecule has 184 valence electrons. The third-order valence-electron chi connectivity index (χ3n) is 5.87. The Morgan fingerprint density at radius 3 is 2.56 bits per heavy atom. The van der Waals surface area contributed by atoms with E-state index >= 15 is 0 Å². The summed E-state index contributed by atoms with van der Waals surface area (Å²) in [6.07, 6.45) is -2.26. The number of amides is 1. The number of nitrogens with zero attached hydrogens (tertiary/aromatic N) is 3. The molecule has 2 fully saturated rings. The van der Waals surface area contributed by atoms with E-state index in [-0.39, 0.29) is 29.7 Å². The van der Waals surface area contributed by atoms with Gasteiger partial charge in [0.25, 0.3) is 11.8 Å². The first-order chi connectivity index (χ1) is 15.6. The highest BCUT2D eigenvalue weighted by Crippen LogP contribution is 2.58. The molecule has 1 amide bonds. The molecule has 8 nitrogen and oxygen atoms in total.